The zero-order chi connectivity index (χ0) is 28.5. The normalized spacial score (nSPS) is 11.5. The third kappa shape index (κ3) is 8.11. The second-order valence-electron chi connectivity index (χ2n) is 9.34. The van der Waals surface area contributed by atoms with Gasteiger partial charge in [0, 0.05) is 23.5 Å². The first-order valence-corrected chi connectivity index (χ1v) is 13.0. The van der Waals surface area contributed by atoms with Gasteiger partial charge in [0.25, 0.3) is 0 Å². The Bertz CT molecular complexity index is 1380. The minimum Gasteiger partial charge on any atom is -0.481 e. The number of hydrogen-bond acceptors (Lipinski definition) is 5. The molecule has 0 bridgehead atoms. The van der Waals surface area contributed by atoms with Gasteiger partial charge in [0.1, 0.15) is 0 Å². The van der Waals surface area contributed by atoms with Crippen molar-refractivity contribution in [3.63, 3.8) is 0 Å². The predicted molar refractivity (Wildman–Crippen MR) is 141 cm³/mol. The number of aryl methyl sites for hydroxylation is 1. The molecule has 0 aliphatic heterocycles. The largest absolute Gasteiger partial charge is 0.481 e. The fourth-order valence-corrected chi connectivity index (χ4v) is 4.14. The number of hydrogen-bond donors (Lipinski definition) is 1. The molecule has 4 aromatic rings. The van der Waals surface area contributed by atoms with Crippen LogP contribution in [0.3, 0.4) is 0 Å². The minimum atomic E-state index is -4.39. The number of alkyl halides is 3. The van der Waals surface area contributed by atoms with E-state index in [1.807, 2.05) is 43.3 Å². The molecule has 0 atom stereocenters. The van der Waals surface area contributed by atoms with Gasteiger partial charge in [0.15, 0.2) is 0 Å². The van der Waals surface area contributed by atoms with Crippen molar-refractivity contribution < 1.29 is 32.5 Å². The summed E-state index contributed by atoms with van der Waals surface area (Å²) < 4.78 is 53.8. The van der Waals surface area contributed by atoms with Crippen LogP contribution in [-0.2, 0) is 36.9 Å². The number of benzene rings is 2. The summed E-state index contributed by atoms with van der Waals surface area (Å²) in [7, 11) is 0. The fraction of sp³-hybridized carbons (Fsp3) is 0.345. The van der Waals surface area contributed by atoms with E-state index >= 15 is 0 Å². The molecule has 0 saturated carbocycles. The van der Waals surface area contributed by atoms with Crippen LogP contribution in [0.4, 0.5) is 13.2 Å². The number of ether oxygens (including phenoxy) is 2. The van der Waals surface area contributed by atoms with Crippen molar-refractivity contribution in [3.8, 4) is 11.8 Å². The maximum Gasteiger partial charge on any atom is 0.416 e. The average molecular weight is 557 g/mol. The summed E-state index contributed by atoms with van der Waals surface area (Å²) in [5.74, 6) is -0.243. The maximum absolute atomic E-state index is 12.9. The number of halogens is 3. The van der Waals surface area contributed by atoms with Gasteiger partial charge in [-0.05, 0) is 42.5 Å². The Labute approximate surface area is 230 Å². The van der Waals surface area contributed by atoms with E-state index in [0.717, 1.165) is 29.8 Å². The van der Waals surface area contributed by atoms with E-state index in [1.165, 1.54) is 12.1 Å². The third-order valence-electron chi connectivity index (χ3n) is 6.05. The number of carbonyl (C=O) groups is 1. The van der Waals surface area contributed by atoms with Gasteiger partial charge in [0.05, 0.1) is 38.3 Å². The Balaban J connectivity index is 1.41. The van der Waals surface area contributed by atoms with Gasteiger partial charge in [0.2, 0.25) is 11.8 Å². The lowest BCUT2D eigenvalue weighted by Gasteiger charge is -2.10. The molecule has 1 N–H and O–H groups in total. The Kier molecular flexibility index (Phi) is 9.47. The van der Waals surface area contributed by atoms with E-state index in [1.54, 1.807) is 15.6 Å². The van der Waals surface area contributed by atoms with Crippen LogP contribution in [0.15, 0.2) is 66.9 Å². The third-order valence-corrected chi connectivity index (χ3v) is 6.05. The molecule has 0 fully saturated rings. The van der Waals surface area contributed by atoms with Gasteiger partial charge >= 0.3 is 12.1 Å². The molecule has 11 heteroatoms. The zero-order valence-corrected chi connectivity index (χ0v) is 22.1. The summed E-state index contributed by atoms with van der Waals surface area (Å²) in [6.07, 6.45) is -0.968. The average Bonchev–Trinajstić information content (AvgIpc) is 3.47. The number of aliphatic carboxylic acids is 1. The number of carboxylic acids is 1. The van der Waals surface area contributed by atoms with Crippen LogP contribution in [-0.4, -0.2) is 43.9 Å². The van der Waals surface area contributed by atoms with Crippen molar-refractivity contribution in [1.29, 1.82) is 0 Å². The molecule has 0 saturated heterocycles. The van der Waals surface area contributed by atoms with Gasteiger partial charge in [-0.1, -0.05) is 49.4 Å². The molecule has 212 valence electrons. The van der Waals surface area contributed by atoms with E-state index in [2.05, 4.69) is 10.2 Å². The van der Waals surface area contributed by atoms with Crippen molar-refractivity contribution >= 4 is 5.97 Å². The highest BCUT2D eigenvalue weighted by atomic mass is 19.4. The van der Waals surface area contributed by atoms with Crippen LogP contribution in [0.5, 0.6) is 11.8 Å². The first-order valence-electron chi connectivity index (χ1n) is 13.0. The van der Waals surface area contributed by atoms with Crippen molar-refractivity contribution in [2.24, 2.45) is 0 Å². The summed E-state index contributed by atoms with van der Waals surface area (Å²) in [4.78, 5) is 11.4. The topological polar surface area (TPSA) is 91.4 Å². The van der Waals surface area contributed by atoms with E-state index in [0.29, 0.717) is 43.0 Å². The fourth-order valence-electron chi connectivity index (χ4n) is 4.14. The van der Waals surface area contributed by atoms with Crippen molar-refractivity contribution in [1.82, 2.24) is 19.6 Å². The van der Waals surface area contributed by atoms with Gasteiger partial charge in [-0.15, -0.1) is 10.2 Å². The highest BCUT2D eigenvalue weighted by Crippen LogP contribution is 2.29. The maximum atomic E-state index is 12.9. The van der Waals surface area contributed by atoms with Crippen molar-refractivity contribution in [3.05, 3.63) is 94.8 Å². The lowest BCUT2D eigenvalue weighted by Crippen LogP contribution is -2.10. The Morgan fingerprint density at radius 2 is 1.68 bits per heavy atom. The molecule has 0 spiro atoms. The van der Waals surface area contributed by atoms with Gasteiger partial charge < -0.3 is 14.6 Å². The molecule has 0 unspecified atom stereocenters. The molecule has 2 heterocycles. The summed E-state index contributed by atoms with van der Waals surface area (Å²) in [6, 6.07) is 16.5. The van der Waals surface area contributed by atoms with E-state index < -0.39 is 17.7 Å². The summed E-state index contributed by atoms with van der Waals surface area (Å²) >= 11 is 0. The molecule has 2 aromatic heterocycles. The minimum absolute atomic E-state index is 0.206. The standard InChI is InChI=1S/C29H31F3N4O4/c1-2-14-39-26-17-25(36(33-26)19-22-10-12-24(13-11-22)29(30,31)32)9-6-15-40-28-23(16-27(37)38)20-35(34-28)18-21-7-4-3-5-8-21/h3-5,7-8,10-13,17,20H,2,6,9,14-16,18-19H2,1H3,(H,37,38). The second kappa shape index (κ2) is 13.2. The molecular formula is C29H31F3N4O4. The number of nitrogens with zero attached hydrogens (tertiary/aromatic N) is 4. The van der Waals surface area contributed by atoms with Gasteiger partial charge in [-0.25, -0.2) is 0 Å². The highest BCUT2D eigenvalue weighted by Gasteiger charge is 2.30. The Morgan fingerprint density at radius 3 is 2.35 bits per heavy atom. The van der Waals surface area contributed by atoms with Gasteiger partial charge in [-0.3, -0.25) is 14.2 Å². The molecule has 0 aliphatic rings. The highest BCUT2D eigenvalue weighted by molar-refractivity contribution is 5.70. The quantitative estimate of drug-likeness (QED) is 0.203. The second-order valence-corrected chi connectivity index (χ2v) is 9.34. The molecule has 8 nitrogen and oxygen atoms in total. The van der Waals surface area contributed by atoms with Crippen LogP contribution in [0.25, 0.3) is 0 Å². The van der Waals surface area contributed by atoms with Crippen LogP contribution in [0.1, 0.15) is 47.7 Å². The zero-order valence-electron chi connectivity index (χ0n) is 22.1. The monoisotopic (exact) mass is 556 g/mol. The van der Waals surface area contributed by atoms with Crippen LogP contribution >= 0.6 is 0 Å². The number of carboxylic acid groups (broad SMARTS) is 1. The lowest BCUT2D eigenvalue weighted by molar-refractivity contribution is -0.138. The SMILES string of the molecule is CCCOc1cc(CCCOc2nn(Cc3ccccc3)cc2CC(=O)O)n(Cc2ccc(C(F)(F)F)cc2)n1. The van der Waals surface area contributed by atoms with Crippen LogP contribution in [0, 0.1) is 0 Å². The smallest absolute Gasteiger partial charge is 0.416 e. The summed E-state index contributed by atoms with van der Waals surface area (Å²) in [6.45, 7) is 3.54. The van der Waals surface area contributed by atoms with Crippen molar-refractivity contribution in [2.75, 3.05) is 13.2 Å². The van der Waals surface area contributed by atoms with Crippen LogP contribution < -0.4 is 9.47 Å². The molecular weight excluding hydrogens is 525 g/mol. The molecule has 0 radical (unpaired) electrons. The Morgan fingerprint density at radius 1 is 0.950 bits per heavy atom. The first kappa shape index (κ1) is 28.7. The van der Waals surface area contributed by atoms with E-state index in [9.17, 15) is 23.1 Å². The number of rotatable bonds is 14. The molecule has 2 aromatic carbocycles. The predicted octanol–water partition coefficient (Wildman–Crippen LogP) is 5.62. The number of aromatic nitrogens is 4. The van der Waals surface area contributed by atoms with Crippen LogP contribution in [0.2, 0.25) is 0 Å². The molecule has 0 amide bonds. The van der Waals surface area contributed by atoms with Crippen molar-refractivity contribution in [2.45, 2.75) is 51.9 Å². The first-order chi connectivity index (χ1) is 19.2. The Hall–Kier alpha value is -4.28. The summed E-state index contributed by atoms with van der Waals surface area (Å²) in [5.41, 5.74) is 2.34. The molecule has 0 aliphatic carbocycles. The van der Waals surface area contributed by atoms with E-state index in [4.69, 9.17) is 9.47 Å². The lowest BCUT2D eigenvalue weighted by atomic mass is 10.1. The summed E-state index contributed by atoms with van der Waals surface area (Å²) in [5, 5.41) is 18.3. The molecule has 40 heavy (non-hydrogen) atoms. The van der Waals surface area contributed by atoms with E-state index in [-0.39, 0.29) is 25.5 Å². The molecule has 4 rings (SSSR count). The van der Waals surface area contributed by atoms with Gasteiger partial charge in [-0.2, -0.15) is 13.2 Å².